The molecule has 3 fully saturated rings. The Hall–Kier alpha value is -2.47. The number of nitrogens with two attached hydrogens (primary N) is 1. The average Bonchev–Trinajstić information content (AvgIpc) is 3.06. The number of para-hydroxylation sites is 1. The highest BCUT2D eigenvalue weighted by atomic mass is 79.9. The number of anilines is 2. The van der Waals surface area contributed by atoms with Gasteiger partial charge in [-0.25, -0.2) is 4.79 Å². The van der Waals surface area contributed by atoms with Crippen LogP contribution in [0.15, 0.2) is 45.3 Å². The molecule has 4 aliphatic rings. The van der Waals surface area contributed by atoms with Crippen molar-refractivity contribution >= 4 is 61.0 Å². The van der Waals surface area contributed by atoms with Crippen LogP contribution in [-0.2, 0) is 11.3 Å². The van der Waals surface area contributed by atoms with Crippen molar-refractivity contribution in [3.05, 3.63) is 56.5 Å². The van der Waals surface area contributed by atoms with Crippen molar-refractivity contribution in [2.75, 3.05) is 50.3 Å². The standard InChI is InChI=1S/C34H44Br2N6O3/c35-27-19-24(20-28(36)32(27)37)33(44)30-21-26(42-22-23-7-2-3-8-29(23)38-34(42)45)12-18-41(30)31(43)9-6-13-39-16-10-25(11-17-39)40-14-4-1-5-15-40/h2-3,7-8,19-20,25-26,30H,1,4-6,9-18,21-22,37H2,(H,38,45). The summed E-state index contributed by atoms with van der Waals surface area (Å²) < 4.78 is 1.25. The zero-order valence-corrected chi connectivity index (χ0v) is 29.0. The van der Waals surface area contributed by atoms with E-state index in [1.807, 2.05) is 29.2 Å². The van der Waals surface area contributed by atoms with Crippen molar-refractivity contribution in [2.24, 2.45) is 0 Å². The Labute approximate surface area is 283 Å². The molecular formula is C34H44Br2N6O3. The van der Waals surface area contributed by atoms with E-state index in [1.54, 1.807) is 17.0 Å². The van der Waals surface area contributed by atoms with E-state index in [-0.39, 0.29) is 23.8 Å². The summed E-state index contributed by atoms with van der Waals surface area (Å²) in [6.45, 7) is 6.48. The number of nitrogens with one attached hydrogen (secondary N) is 1. The summed E-state index contributed by atoms with van der Waals surface area (Å²) in [5.41, 5.74) is 8.99. The molecule has 0 saturated carbocycles. The lowest BCUT2D eigenvalue weighted by molar-refractivity contribution is -0.134. The van der Waals surface area contributed by atoms with Gasteiger partial charge in [-0.2, -0.15) is 0 Å². The number of nitrogen functional groups attached to an aromatic ring is 1. The summed E-state index contributed by atoms with van der Waals surface area (Å²) >= 11 is 6.95. The molecule has 3 saturated heterocycles. The largest absolute Gasteiger partial charge is 0.397 e. The Morgan fingerprint density at radius 2 is 1.60 bits per heavy atom. The molecule has 4 aliphatic heterocycles. The van der Waals surface area contributed by atoms with Crippen LogP contribution in [0, 0.1) is 0 Å². The van der Waals surface area contributed by atoms with Crippen LogP contribution in [0.2, 0.25) is 0 Å². The van der Waals surface area contributed by atoms with Gasteiger partial charge in [0.05, 0.1) is 11.7 Å². The summed E-state index contributed by atoms with van der Waals surface area (Å²) in [6.07, 6.45) is 8.65. The highest BCUT2D eigenvalue weighted by molar-refractivity contribution is 9.11. The Balaban J connectivity index is 1.11. The molecule has 3 N–H and O–H groups in total. The van der Waals surface area contributed by atoms with Gasteiger partial charge in [0.1, 0.15) is 0 Å². The number of ketones is 1. The molecule has 2 aromatic rings. The number of amides is 3. The topological polar surface area (TPSA) is 102 Å². The van der Waals surface area contributed by atoms with Crippen LogP contribution in [0.4, 0.5) is 16.2 Å². The minimum Gasteiger partial charge on any atom is -0.397 e. The first kappa shape index (κ1) is 32.5. The van der Waals surface area contributed by atoms with Gasteiger partial charge < -0.3 is 30.7 Å². The monoisotopic (exact) mass is 742 g/mol. The van der Waals surface area contributed by atoms with E-state index < -0.39 is 6.04 Å². The average molecular weight is 745 g/mol. The molecule has 0 radical (unpaired) electrons. The molecule has 0 bridgehead atoms. The third-order valence-electron chi connectivity index (χ3n) is 10.2. The second-order valence-electron chi connectivity index (χ2n) is 13.0. The lowest BCUT2D eigenvalue weighted by atomic mass is 9.89. The number of nitrogens with zero attached hydrogens (tertiary/aromatic N) is 4. The fraction of sp³-hybridized carbons (Fsp3) is 0.559. The molecular weight excluding hydrogens is 700 g/mol. The number of likely N-dealkylation sites (tertiary alicyclic amines) is 3. The number of carbonyl (C=O) groups excluding carboxylic acids is 3. The Bertz CT molecular complexity index is 1390. The van der Waals surface area contributed by atoms with Crippen molar-refractivity contribution in [2.45, 2.75) is 82.5 Å². The fourth-order valence-electron chi connectivity index (χ4n) is 7.60. The summed E-state index contributed by atoms with van der Waals surface area (Å²) in [6, 6.07) is 11.0. The molecule has 6 rings (SSSR count). The molecule has 45 heavy (non-hydrogen) atoms. The first-order chi connectivity index (χ1) is 21.8. The Morgan fingerprint density at radius 3 is 2.33 bits per heavy atom. The van der Waals surface area contributed by atoms with Crippen LogP contribution in [0.1, 0.15) is 73.7 Å². The predicted molar refractivity (Wildman–Crippen MR) is 184 cm³/mol. The van der Waals surface area contributed by atoms with Gasteiger partial charge in [-0.3, -0.25) is 9.59 Å². The Morgan fingerprint density at radius 1 is 0.911 bits per heavy atom. The zero-order chi connectivity index (χ0) is 31.5. The maximum Gasteiger partial charge on any atom is 0.322 e. The van der Waals surface area contributed by atoms with E-state index in [2.05, 4.69) is 47.0 Å². The maximum absolute atomic E-state index is 14.1. The molecule has 242 valence electrons. The summed E-state index contributed by atoms with van der Waals surface area (Å²) in [7, 11) is 0. The zero-order valence-electron chi connectivity index (χ0n) is 25.9. The number of benzene rings is 2. The van der Waals surface area contributed by atoms with E-state index in [0.29, 0.717) is 58.6 Å². The SMILES string of the molecule is Nc1c(Br)cc(C(=O)C2CC(N3Cc4ccccc4NC3=O)CCN2C(=O)CCCN2CCC(N3CCCCC3)CC2)cc1Br. The number of hydrogen-bond donors (Lipinski definition) is 2. The fourth-order valence-corrected chi connectivity index (χ4v) is 8.79. The van der Waals surface area contributed by atoms with Gasteiger partial charge in [0, 0.05) is 51.8 Å². The number of halogens is 2. The predicted octanol–water partition coefficient (Wildman–Crippen LogP) is 6.11. The third-order valence-corrected chi connectivity index (χ3v) is 11.5. The molecule has 3 amide bonds. The van der Waals surface area contributed by atoms with Crippen molar-refractivity contribution in [3.8, 4) is 0 Å². The molecule has 0 aliphatic carbocycles. The third kappa shape index (κ3) is 7.42. The van der Waals surface area contributed by atoms with Crippen LogP contribution in [0.25, 0.3) is 0 Å². The van der Waals surface area contributed by atoms with Gasteiger partial charge in [0.15, 0.2) is 5.78 Å². The lowest BCUT2D eigenvalue weighted by Crippen LogP contribution is -2.57. The first-order valence-corrected chi connectivity index (χ1v) is 18.1. The van der Waals surface area contributed by atoms with E-state index in [0.717, 1.165) is 37.3 Å². The molecule has 11 heteroatoms. The van der Waals surface area contributed by atoms with Crippen LogP contribution >= 0.6 is 31.9 Å². The van der Waals surface area contributed by atoms with Crippen molar-refractivity contribution < 1.29 is 14.4 Å². The maximum atomic E-state index is 14.1. The summed E-state index contributed by atoms with van der Waals surface area (Å²) in [5.74, 6) is -0.121. The number of carbonyl (C=O) groups is 3. The van der Waals surface area contributed by atoms with E-state index >= 15 is 0 Å². The molecule has 9 nitrogen and oxygen atoms in total. The number of Topliss-reactive ketones (excluding diaryl/α,β-unsaturated/α-hetero) is 1. The minimum atomic E-state index is -0.663. The number of urea groups is 1. The van der Waals surface area contributed by atoms with Crippen molar-refractivity contribution in [1.82, 2.24) is 19.6 Å². The minimum absolute atomic E-state index is 0.0111. The van der Waals surface area contributed by atoms with Crippen LogP contribution in [-0.4, -0.2) is 94.7 Å². The number of fused-ring (bicyclic) bond motifs is 1. The molecule has 0 aromatic heterocycles. The van der Waals surface area contributed by atoms with Gasteiger partial charge in [-0.1, -0.05) is 24.6 Å². The summed E-state index contributed by atoms with van der Waals surface area (Å²) in [4.78, 5) is 49.8. The molecule has 0 spiro atoms. The van der Waals surface area contributed by atoms with Crippen molar-refractivity contribution in [1.29, 1.82) is 0 Å². The van der Waals surface area contributed by atoms with Crippen molar-refractivity contribution in [3.63, 3.8) is 0 Å². The van der Waals surface area contributed by atoms with Crippen LogP contribution < -0.4 is 11.1 Å². The normalized spacial score (nSPS) is 23.5. The number of piperidine rings is 3. The molecule has 4 heterocycles. The van der Waals surface area contributed by atoms with Gasteiger partial charge in [0.25, 0.3) is 0 Å². The highest BCUT2D eigenvalue weighted by Crippen LogP contribution is 2.34. The van der Waals surface area contributed by atoms with Gasteiger partial charge in [0.2, 0.25) is 5.91 Å². The van der Waals surface area contributed by atoms with Gasteiger partial charge in [-0.05, 0) is 133 Å². The second kappa shape index (κ2) is 14.5. The molecule has 2 atom stereocenters. The number of rotatable bonds is 8. The lowest BCUT2D eigenvalue weighted by Gasteiger charge is -2.44. The second-order valence-corrected chi connectivity index (χ2v) is 14.7. The highest BCUT2D eigenvalue weighted by Gasteiger charge is 2.41. The Kier molecular flexibility index (Phi) is 10.5. The quantitative estimate of drug-likeness (QED) is 0.250. The molecule has 2 unspecified atom stereocenters. The van der Waals surface area contributed by atoms with E-state index in [4.69, 9.17) is 5.73 Å². The van der Waals surface area contributed by atoms with E-state index in [1.165, 1.54) is 45.2 Å². The molecule has 2 aromatic carbocycles. The summed E-state index contributed by atoms with van der Waals surface area (Å²) in [5, 5.41) is 3.01. The van der Waals surface area contributed by atoms with Gasteiger partial charge in [-0.15, -0.1) is 0 Å². The number of hydrogen-bond acceptors (Lipinski definition) is 6. The first-order valence-electron chi connectivity index (χ1n) is 16.5. The van der Waals surface area contributed by atoms with Crippen LogP contribution in [0.5, 0.6) is 0 Å². The van der Waals surface area contributed by atoms with Gasteiger partial charge >= 0.3 is 6.03 Å². The van der Waals surface area contributed by atoms with Crippen LogP contribution in [0.3, 0.4) is 0 Å². The smallest absolute Gasteiger partial charge is 0.322 e. The van der Waals surface area contributed by atoms with E-state index in [9.17, 15) is 14.4 Å².